The fourth-order valence-corrected chi connectivity index (χ4v) is 10.9. The van der Waals surface area contributed by atoms with Gasteiger partial charge in [0.2, 0.25) is 0 Å². The molecule has 20 nitrogen and oxygen atoms in total. The second-order valence-electron chi connectivity index (χ2n) is 22.5. The second kappa shape index (κ2) is 33.7. The molecule has 5 saturated heterocycles. The summed E-state index contributed by atoms with van der Waals surface area (Å²) in [6, 6.07) is 0. The van der Waals surface area contributed by atoms with Crippen LogP contribution in [0.2, 0.25) is 0 Å². The largest absolute Gasteiger partial charge is 0.457 e. The highest BCUT2D eigenvalue weighted by molar-refractivity contribution is 5.72. The number of hydrogen-bond donors (Lipinski definition) is 6. The monoisotopic (exact) mass is 1100 g/mol. The van der Waals surface area contributed by atoms with Gasteiger partial charge in [0, 0.05) is 12.8 Å². The summed E-state index contributed by atoms with van der Waals surface area (Å²) in [6.45, 7) is 14.1. The fraction of sp³-hybridized carbons (Fsp3) is 0.947. The zero-order valence-electron chi connectivity index (χ0n) is 47.6. The van der Waals surface area contributed by atoms with Crippen LogP contribution >= 0.6 is 0 Å². The van der Waals surface area contributed by atoms with E-state index in [2.05, 4.69) is 13.8 Å². The molecule has 0 amide bonds. The molecule has 5 aliphatic heterocycles. The summed E-state index contributed by atoms with van der Waals surface area (Å²) in [7, 11) is 0. The normalized spacial score (nSPS) is 39.5. The molecule has 0 aromatic heterocycles. The minimum absolute atomic E-state index is 0.0104. The standard InChI is InChI=1S/C57H100O20/c1-9-12-14-15-16-17-20-23-28-32-40(59)73-52-45(64)48(75-54-44(63)43(62)47(35(6)68-54)74-53(66)33(4)11-3)36(7)70-56(52)76-49-37(8)69-55-46(65)50(49)72-39(58)31-27-24-21-18-19-22-26-30-38(29-25-13-10-2)71-51-42(61)41(60)34(5)67-57(51)77-55/h33-38,41-52,54-57,60-65H,9-32H2,1-8H3/t33-,34+,35-,36-,37-,38?,41-,42-,43-,44+,45+,46+,47-,48-,49-,50-,51+,52+,54-,55-,56-,57+/m0/s1. The summed E-state index contributed by atoms with van der Waals surface area (Å²) in [5.74, 6) is -2.32. The molecule has 0 aliphatic carbocycles. The van der Waals surface area contributed by atoms with Crippen molar-refractivity contribution in [2.24, 2.45) is 5.92 Å². The maximum Gasteiger partial charge on any atom is 0.309 e. The van der Waals surface area contributed by atoms with Crippen molar-refractivity contribution in [1.29, 1.82) is 0 Å². The van der Waals surface area contributed by atoms with Crippen molar-refractivity contribution < 1.29 is 97.1 Å². The minimum Gasteiger partial charge on any atom is -0.457 e. The molecule has 5 heterocycles. The van der Waals surface area contributed by atoms with Crippen molar-refractivity contribution in [3.63, 3.8) is 0 Å². The van der Waals surface area contributed by atoms with Crippen LogP contribution in [-0.4, -0.2) is 177 Å². The third-order valence-corrected chi connectivity index (χ3v) is 16.1. The van der Waals surface area contributed by atoms with Crippen LogP contribution in [-0.2, 0) is 66.5 Å². The van der Waals surface area contributed by atoms with Crippen LogP contribution in [0.5, 0.6) is 0 Å². The lowest BCUT2D eigenvalue weighted by Gasteiger charge is -2.49. The van der Waals surface area contributed by atoms with E-state index in [9.17, 15) is 45.0 Å². The smallest absolute Gasteiger partial charge is 0.309 e. The number of fused-ring (bicyclic) bond motifs is 3. The Hall–Kier alpha value is -2.15. The number of hydrogen-bond acceptors (Lipinski definition) is 20. The molecule has 5 rings (SSSR count). The van der Waals surface area contributed by atoms with Gasteiger partial charge >= 0.3 is 17.9 Å². The third kappa shape index (κ3) is 19.5. The summed E-state index contributed by atoms with van der Waals surface area (Å²) in [5.41, 5.74) is 0. The van der Waals surface area contributed by atoms with Gasteiger partial charge in [-0.15, -0.1) is 0 Å². The molecule has 77 heavy (non-hydrogen) atoms. The Kier molecular flexibility index (Phi) is 28.7. The number of unbranched alkanes of at least 4 members (excludes halogenated alkanes) is 10. The van der Waals surface area contributed by atoms with E-state index < -0.39 is 147 Å². The maximum atomic E-state index is 13.8. The molecule has 1 unspecified atom stereocenters. The Balaban J connectivity index is 1.39. The molecule has 20 heteroatoms. The van der Waals surface area contributed by atoms with Crippen LogP contribution in [0.1, 0.15) is 209 Å². The van der Waals surface area contributed by atoms with E-state index in [1.807, 2.05) is 6.92 Å². The number of aliphatic hydroxyl groups is 6. The van der Waals surface area contributed by atoms with E-state index in [4.69, 9.17) is 52.1 Å². The average Bonchev–Trinajstić information content (AvgIpc) is 3.39. The first kappa shape index (κ1) is 65.7. The summed E-state index contributed by atoms with van der Waals surface area (Å²) in [5, 5.41) is 69.5. The minimum atomic E-state index is -1.76. The summed E-state index contributed by atoms with van der Waals surface area (Å²) in [6.07, 6.45) is -8.01. The van der Waals surface area contributed by atoms with Crippen molar-refractivity contribution in [2.45, 2.75) is 338 Å². The average molecular weight is 1110 g/mol. The van der Waals surface area contributed by atoms with Gasteiger partial charge in [0.15, 0.2) is 43.5 Å². The first-order valence-corrected chi connectivity index (χ1v) is 29.8. The Morgan fingerprint density at radius 2 is 1.09 bits per heavy atom. The van der Waals surface area contributed by atoms with Crippen LogP contribution in [0.4, 0.5) is 0 Å². The van der Waals surface area contributed by atoms with Crippen LogP contribution in [0, 0.1) is 5.92 Å². The number of carbonyl (C=O) groups is 3. The van der Waals surface area contributed by atoms with Gasteiger partial charge < -0.3 is 82.7 Å². The molecule has 5 aliphatic rings. The number of aliphatic hydroxyl groups excluding tert-OH is 6. The van der Waals surface area contributed by atoms with Gasteiger partial charge in [-0.1, -0.05) is 137 Å². The predicted octanol–water partition coefficient (Wildman–Crippen LogP) is 6.48. The van der Waals surface area contributed by atoms with E-state index in [0.717, 1.165) is 96.3 Å². The SMILES string of the molecule is CCCCCCCCCCCC(=O)O[C@H]1[C@H](O[C@@H]2[C@H]3OC(=O)CCCCCCCCCC(CCCCC)O[C@H]4[C@@H](O[C@H](O[C@H]2C)[C@@H]3O)O[C@H](C)[C@H](O)[C@@H]4O)O[C@@H](C)[C@H](O[C@@H]2O[C@@H](C)[C@H](OC(=O)[C@@H](C)CC)[C@@H](O)[C@H]2O)[C@H]1O. The zero-order chi connectivity index (χ0) is 56.2. The quantitative estimate of drug-likeness (QED) is 0.0385. The van der Waals surface area contributed by atoms with E-state index in [0.29, 0.717) is 19.3 Å². The number of rotatable bonds is 22. The maximum absolute atomic E-state index is 13.8. The van der Waals surface area contributed by atoms with Crippen LogP contribution in [0.3, 0.4) is 0 Å². The van der Waals surface area contributed by atoms with Crippen LogP contribution in [0.15, 0.2) is 0 Å². The van der Waals surface area contributed by atoms with Crippen LogP contribution in [0.25, 0.3) is 0 Å². The van der Waals surface area contributed by atoms with Gasteiger partial charge in [-0.3, -0.25) is 14.4 Å². The molecule has 2 bridgehead atoms. The Morgan fingerprint density at radius 3 is 1.77 bits per heavy atom. The van der Waals surface area contributed by atoms with Gasteiger partial charge in [0.25, 0.3) is 0 Å². The molecular weight excluding hydrogens is 1000 g/mol. The van der Waals surface area contributed by atoms with E-state index >= 15 is 0 Å². The molecular formula is C57H100O20. The summed E-state index contributed by atoms with van der Waals surface area (Å²) < 4.78 is 68.3. The lowest BCUT2D eigenvalue weighted by molar-refractivity contribution is -0.394. The Labute approximate surface area is 458 Å². The molecule has 0 spiro atoms. The van der Waals surface area contributed by atoms with Crippen molar-refractivity contribution in [1.82, 2.24) is 0 Å². The van der Waals surface area contributed by atoms with Gasteiger partial charge in [-0.2, -0.15) is 0 Å². The van der Waals surface area contributed by atoms with Crippen molar-refractivity contribution >= 4 is 17.9 Å². The highest BCUT2D eigenvalue weighted by Gasteiger charge is 2.56. The highest BCUT2D eigenvalue weighted by Crippen LogP contribution is 2.37. The molecule has 6 N–H and O–H groups in total. The lowest BCUT2D eigenvalue weighted by Crippen LogP contribution is -2.67. The molecule has 22 atom stereocenters. The van der Waals surface area contributed by atoms with Gasteiger partial charge in [-0.05, 0) is 59.8 Å². The molecule has 0 aromatic carbocycles. The number of ether oxygens (including phenoxy) is 11. The first-order chi connectivity index (χ1) is 36.9. The topological polar surface area (TPSA) is 274 Å². The molecule has 0 aromatic rings. The summed E-state index contributed by atoms with van der Waals surface area (Å²) in [4.78, 5) is 40.2. The predicted molar refractivity (Wildman–Crippen MR) is 280 cm³/mol. The van der Waals surface area contributed by atoms with Crippen molar-refractivity contribution in [3.8, 4) is 0 Å². The van der Waals surface area contributed by atoms with E-state index in [1.165, 1.54) is 25.7 Å². The van der Waals surface area contributed by atoms with Gasteiger partial charge in [0.1, 0.15) is 54.9 Å². The van der Waals surface area contributed by atoms with Crippen molar-refractivity contribution in [2.75, 3.05) is 0 Å². The van der Waals surface area contributed by atoms with Gasteiger partial charge in [-0.25, -0.2) is 0 Å². The van der Waals surface area contributed by atoms with E-state index in [1.54, 1.807) is 34.6 Å². The van der Waals surface area contributed by atoms with E-state index in [-0.39, 0.29) is 18.9 Å². The van der Waals surface area contributed by atoms with Crippen molar-refractivity contribution in [3.05, 3.63) is 0 Å². The Bertz CT molecular complexity index is 1690. The molecule has 0 saturated carbocycles. The molecule has 448 valence electrons. The number of esters is 3. The summed E-state index contributed by atoms with van der Waals surface area (Å²) >= 11 is 0. The third-order valence-electron chi connectivity index (χ3n) is 16.1. The first-order valence-electron chi connectivity index (χ1n) is 29.8. The van der Waals surface area contributed by atoms with Gasteiger partial charge in [0.05, 0.1) is 36.4 Å². The Morgan fingerprint density at radius 1 is 0.519 bits per heavy atom. The second-order valence-corrected chi connectivity index (χ2v) is 22.5. The number of carbonyl (C=O) groups excluding carboxylic acids is 3. The molecule has 0 radical (unpaired) electrons. The van der Waals surface area contributed by atoms with Crippen LogP contribution < -0.4 is 0 Å². The lowest BCUT2D eigenvalue weighted by atomic mass is 9.96. The zero-order valence-corrected chi connectivity index (χ0v) is 47.6. The highest BCUT2D eigenvalue weighted by atomic mass is 16.8. The molecule has 5 fully saturated rings. The fourth-order valence-electron chi connectivity index (χ4n) is 10.9.